The third kappa shape index (κ3) is 6.17. The predicted octanol–water partition coefficient (Wildman–Crippen LogP) is 5.40. The molecule has 1 fully saturated rings. The van der Waals surface area contributed by atoms with Crippen molar-refractivity contribution in [2.45, 2.75) is 31.9 Å². The number of pyridine rings is 1. The van der Waals surface area contributed by atoms with E-state index in [9.17, 15) is 27.9 Å². The van der Waals surface area contributed by atoms with Gasteiger partial charge in [0.15, 0.2) is 5.17 Å². The molecule has 0 bridgehead atoms. The summed E-state index contributed by atoms with van der Waals surface area (Å²) in [5, 5.41) is 21.5. The molecule has 2 aliphatic rings. The maximum absolute atomic E-state index is 12.4. The number of amides is 1. The number of rotatable bonds is 3. The Morgan fingerprint density at radius 1 is 1.14 bits per heavy atom. The van der Waals surface area contributed by atoms with E-state index in [0.29, 0.717) is 15.1 Å². The number of hydrogen-bond acceptors (Lipinski definition) is 7. The van der Waals surface area contributed by atoms with Crippen LogP contribution in [0.1, 0.15) is 39.2 Å². The Morgan fingerprint density at radius 2 is 1.86 bits per heavy atom. The summed E-state index contributed by atoms with van der Waals surface area (Å²) in [6.45, 7) is 0. The van der Waals surface area contributed by atoms with Gasteiger partial charge in [0, 0.05) is 16.5 Å². The molecule has 192 valence electrons. The molecule has 0 saturated carbocycles. The molecular weight excluding hydrogens is 531 g/mol. The van der Waals surface area contributed by atoms with Crippen LogP contribution < -0.4 is 5.32 Å². The van der Waals surface area contributed by atoms with Crippen molar-refractivity contribution in [2.24, 2.45) is 4.99 Å². The van der Waals surface area contributed by atoms with Crippen molar-refractivity contribution >= 4 is 68.1 Å². The standard InChI is InChI=1S/C22H17N3O3S2.C2HF3O2/c26-19-17(11-12-7-8-15-13(10-12)4-3-9-23-15)30-22(24-19)25-20-18(21(27)28)14-5-1-2-6-16(14)29-20;3-2(4,5)1(6)7/h3-4,7-11H,1-2,5-6H2,(H,27,28)(H,24,25,26);(H,6,7). The normalized spacial score (nSPS) is 17.3. The highest BCUT2D eigenvalue weighted by atomic mass is 32.2. The number of aromatic nitrogens is 1. The van der Waals surface area contributed by atoms with Crippen LogP contribution in [0, 0.1) is 0 Å². The van der Waals surface area contributed by atoms with Crippen LogP contribution in [0.2, 0.25) is 0 Å². The fraction of sp³-hybridized carbons (Fsp3) is 0.208. The number of hydrogen-bond donors (Lipinski definition) is 3. The molecule has 1 saturated heterocycles. The van der Waals surface area contributed by atoms with E-state index in [1.807, 2.05) is 36.4 Å². The fourth-order valence-corrected chi connectivity index (χ4v) is 5.90. The largest absolute Gasteiger partial charge is 0.490 e. The summed E-state index contributed by atoms with van der Waals surface area (Å²) in [6, 6.07) is 9.67. The van der Waals surface area contributed by atoms with Gasteiger partial charge in [0.2, 0.25) is 0 Å². The van der Waals surface area contributed by atoms with Gasteiger partial charge in [0.05, 0.1) is 16.0 Å². The van der Waals surface area contributed by atoms with Crippen LogP contribution in [-0.4, -0.2) is 44.4 Å². The Morgan fingerprint density at radius 3 is 2.57 bits per heavy atom. The highest BCUT2D eigenvalue weighted by Crippen LogP contribution is 2.41. The minimum Gasteiger partial charge on any atom is -0.478 e. The summed E-state index contributed by atoms with van der Waals surface area (Å²) in [5.41, 5.74) is 2.99. The molecule has 2 aromatic heterocycles. The van der Waals surface area contributed by atoms with E-state index in [1.165, 1.54) is 23.1 Å². The number of amidine groups is 1. The number of carbonyl (C=O) groups is 3. The minimum absolute atomic E-state index is 0.233. The molecule has 3 N–H and O–H groups in total. The van der Waals surface area contributed by atoms with Crippen molar-refractivity contribution in [3.05, 3.63) is 63.0 Å². The number of nitrogens with zero attached hydrogens (tertiary/aromatic N) is 2. The van der Waals surface area contributed by atoms with E-state index in [0.717, 1.165) is 52.6 Å². The number of thioether (sulfide) groups is 1. The molecule has 1 aliphatic carbocycles. The SMILES string of the molecule is O=C(O)C(F)(F)F.O=C1NC(=Nc2sc3c(c2C(=O)O)CCCC3)SC1=Cc1ccc2ncccc2c1. The van der Waals surface area contributed by atoms with Gasteiger partial charge in [-0.2, -0.15) is 13.2 Å². The smallest absolute Gasteiger partial charge is 0.478 e. The quantitative estimate of drug-likeness (QED) is 0.373. The molecule has 3 aromatic rings. The van der Waals surface area contributed by atoms with Gasteiger partial charge >= 0.3 is 18.1 Å². The Labute approximate surface area is 215 Å². The van der Waals surface area contributed by atoms with Crippen LogP contribution in [0.25, 0.3) is 17.0 Å². The van der Waals surface area contributed by atoms with E-state index in [4.69, 9.17) is 9.90 Å². The third-order valence-corrected chi connectivity index (χ3v) is 7.48. The molecule has 1 amide bonds. The average Bonchev–Trinajstić information content (AvgIpc) is 3.38. The molecule has 1 aromatic carbocycles. The number of carboxylic acids is 2. The lowest BCUT2D eigenvalue weighted by Gasteiger charge is -2.10. The lowest BCUT2D eigenvalue weighted by atomic mass is 9.95. The van der Waals surface area contributed by atoms with Crippen LogP contribution in [0.5, 0.6) is 0 Å². The average molecular weight is 550 g/mol. The lowest BCUT2D eigenvalue weighted by Crippen LogP contribution is -2.21. The minimum atomic E-state index is -5.08. The van der Waals surface area contributed by atoms with E-state index >= 15 is 0 Å². The van der Waals surface area contributed by atoms with Gasteiger partial charge in [-0.05, 0) is 72.8 Å². The highest BCUT2D eigenvalue weighted by Gasteiger charge is 2.38. The highest BCUT2D eigenvalue weighted by molar-refractivity contribution is 8.18. The number of aryl methyl sites for hydroxylation is 1. The van der Waals surface area contributed by atoms with Crippen LogP contribution in [-0.2, 0) is 22.4 Å². The second-order valence-electron chi connectivity index (χ2n) is 7.94. The number of carboxylic acid groups (broad SMARTS) is 2. The third-order valence-electron chi connectivity index (χ3n) is 5.39. The fourth-order valence-electron chi connectivity index (χ4n) is 3.76. The lowest BCUT2D eigenvalue weighted by molar-refractivity contribution is -0.192. The molecule has 0 spiro atoms. The number of carbonyl (C=O) groups excluding carboxylic acids is 1. The number of halogens is 3. The maximum Gasteiger partial charge on any atom is 0.490 e. The number of benzene rings is 1. The van der Waals surface area contributed by atoms with Crippen LogP contribution in [0.4, 0.5) is 18.2 Å². The van der Waals surface area contributed by atoms with Crippen molar-refractivity contribution in [1.82, 2.24) is 10.3 Å². The van der Waals surface area contributed by atoms with Crippen molar-refractivity contribution in [3.63, 3.8) is 0 Å². The number of alkyl halides is 3. The van der Waals surface area contributed by atoms with Gasteiger partial charge < -0.3 is 15.5 Å². The molecule has 3 heterocycles. The molecule has 0 atom stereocenters. The van der Waals surface area contributed by atoms with Gasteiger partial charge in [-0.1, -0.05) is 12.1 Å². The van der Waals surface area contributed by atoms with Gasteiger partial charge in [-0.15, -0.1) is 11.3 Å². The number of aromatic carboxylic acids is 1. The van der Waals surface area contributed by atoms with Gasteiger partial charge in [-0.25, -0.2) is 14.6 Å². The number of aliphatic imine (C=N–C) groups is 1. The van der Waals surface area contributed by atoms with E-state index in [2.05, 4.69) is 15.3 Å². The van der Waals surface area contributed by atoms with Crippen LogP contribution >= 0.6 is 23.1 Å². The molecule has 5 rings (SSSR count). The molecule has 37 heavy (non-hydrogen) atoms. The number of fused-ring (bicyclic) bond motifs is 2. The van der Waals surface area contributed by atoms with E-state index in [-0.39, 0.29) is 11.5 Å². The van der Waals surface area contributed by atoms with Crippen LogP contribution in [0.15, 0.2) is 46.4 Å². The Balaban J connectivity index is 0.000000405. The first kappa shape index (κ1) is 26.4. The Bertz CT molecular complexity index is 1460. The Hall–Kier alpha value is -3.71. The summed E-state index contributed by atoms with van der Waals surface area (Å²) >= 11 is 2.65. The van der Waals surface area contributed by atoms with Crippen molar-refractivity contribution < 1.29 is 37.8 Å². The van der Waals surface area contributed by atoms with Gasteiger partial charge in [0.1, 0.15) is 5.00 Å². The van der Waals surface area contributed by atoms with Gasteiger partial charge in [-0.3, -0.25) is 9.78 Å². The summed E-state index contributed by atoms with van der Waals surface area (Å²) in [7, 11) is 0. The maximum atomic E-state index is 12.4. The molecule has 8 nitrogen and oxygen atoms in total. The first-order valence-electron chi connectivity index (χ1n) is 10.8. The molecule has 0 radical (unpaired) electrons. The first-order chi connectivity index (χ1) is 17.5. The van der Waals surface area contributed by atoms with Crippen molar-refractivity contribution in [2.75, 3.05) is 0 Å². The van der Waals surface area contributed by atoms with Gasteiger partial charge in [0.25, 0.3) is 5.91 Å². The summed E-state index contributed by atoms with van der Waals surface area (Å²) < 4.78 is 31.7. The number of nitrogens with one attached hydrogen (secondary N) is 1. The summed E-state index contributed by atoms with van der Waals surface area (Å²) in [4.78, 5) is 43.6. The monoisotopic (exact) mass is 549 g/mol. The number of aliphatic carboxylic acids is 1. The second-order valence-corrected chi connectivity index (χ2v) is 10.1. The molecule has 1 aliphatic heterocycles. The number of thiophene rings is 1. The zero-order chi connectivity index (χ0) is 26.7. The zero-order valence-electron chi connectivity index (χ0n) is 18.8. The second kappa shape index (κ2) is 10.7. The summed E-state index contributed by atoms with van der Waals surface area (Å²) in [5.74, 6) is -3.95. The van der Waals surface area contributed by atoms with Crippen molar-refractivity contribution in [1.29, 1.82) is 0 Å². The van der Waals surface area contributed by atoms with Crippen molar-refractivity contribution in [3.8, 4) is 0 Å². The molecule has 0 unspecified atom stereocenters. The summed E-state index contributed by atoms with van der Waals surface area (Å²) in [6.07, 6.45) is 2.22. The zero-order valence-corrected chi connectivity index (χ0v) is 20.5. The first-order valence-corrected chi connectivity index (χ1v) is 12.5. The topological polar surface area (TPSA) is 129 Å². The van der Waals surface area contributed by atoms with E-state index in [1.54, 1.807) is 6.20 Å². The van der Waals surface area contributed by atoms with Crippen LogP contribution in [0.3, 0.4) is 0 Å². The predicted molar refractivity (Wildman–Crippen MR) is 134 cm³/mol. The molecular formula is C24H18F3N3O5S2. The Kier molecular flexibility index (Phi) is 7.64. The van der Waals surface area contributed by atoms with E-state index < -0.39 is 18.1 Å². The molecule has 13 heteroatoms.